The summed E-state index contributed by atoms with van der Waals surface area (Å²) in [7, 11) is -1.70. The Morgan fingerprint density at radius 1 is 1.21 bits per heavy atom. The molecule has 0 heterocycles. The van der Waals surface area contributed by atoms with Gasteiger partial charge in [-0.1, -0.05) is 30.3 Å². The molecule has 0 unspecified atom stereocenters. The summed E-state index contributed by atoms with van der Waals surface area (Å²) in [4.78, 5) is 24.7. The Bertz CT molecular complexity index is 537. The van der Waals surface area contributed by atoms with Crippen molar-refractivity contribution in [1.29, 1.82) is 0 Å². The molecule has 1 aromatic carbocycles. The fourth-order valence-corrected chi connectivity index (χ4v) is 2.08. The number of benzene rings is 1. The highest BCUT2D eigenvalue weighted by Crippen LogP contribution is 2.17. The fraction of sp³-hybridized carbons (Fsp3) is 0.500. The van der Waals surface area contributed by atoms with Crippen LogP contribution in [-0.2, 0) is 16.1 Å². The van der Waals surface area contributed by atoms with Crippen molar-refractivity contribution in [2.75, 3.05) is 6.54 Å². The van der Waals surface area contributed by atoms with Crippen molar-refractivity contribution >= 4 is 18.9 Å². The quantitative estimate of drug-likeness (QED) is 0.309. The Morgan fingerprint density at radius 3 is 2.38 bits per heavy atom. The van der Waals surface area contributed by atoms with Gasteiger partial charge in [0.25, 0.3) is 0 Å². The lowest BCUT2D eigenvalue weighted by Gasteiger charge is -2.26. The molecule has 0 aliphatic rings. The average molecular weight is 335 g/mol. The summed E-state index contributed by atoms with van der Waals surface area (Å²) in [6.45, 7) is 3.68. The fourth-order valence-electron chi connectivity index (χ4n) is 2.08. The first-order chi connectivity index (χ1) is 11.3. The van der Waals surface area contributed by atoms with Gasteiger partial charge in [-0.15, -0.1) is 0 Å². The van der Waals surface area contributed by atoms with Gasteiger partial charge in [-0.05, 0) is 38.8 Å². The highest BCUT2D eigenvalue weighted by Gasteiger charge is 2.38. The lowest BCUT2D eigenvalue weighted by molar-refractivity contribution is -0.141. The number of nitrogens with two attached hydrogens (primary N) is 1. The first-order valence-corrected chi connectivity index (χ1v) is 7.98. The molecule has 6 N–H and O–H groups in total. The molecular formula is C16H26BN3O4. The molecule has 0 aromatic heterocycles. The van der Waals surface area contributed by atoms with Crippen LogP contribution in [-0.4, -0.2) is 41.5 Å². The molecule has 8 heteroatoms. The second-order valence-corrected chi connectivity index (χ2v) is 6.22. The third-order valence-electron chi connectivity index (χ3n) is 3.83. The molecule has 0 saturated heterocycles. The minimum atomic E-state index is -1.70. The van der Waals surface area contributed by atoms with Crippen LogP contribution in [0.4, 0.5) is 0 Å². The number of carbonyl (C=O) groups is 2. The van der Waals surface area contributed by atoms with E-state index in [0.717, 1.165) is 5.56 Å². The molecule has 24 heavy (non-hydrogen) atoms. The lowest BCUT2D eigenvalue weighted by atomic mass is 9.76. The number of hydrogen-bond donors (Lipinski definition) is 5. The summed E-state index contributed by atoms with van der Waals surface area (Å²) in [5, 5.41) is 23.9. The van der Waals surface area contributed by atoms with Crippen molar-refractivity contribution in [2.24, 2.45) is 11.1 Å². The van der Waals surface area contributed by atoms with E-state index in [-0.39, 0.29) is 0 Å². The van der Waals surface area contributed by atoms with E-state index < -0.39 is 30.3 Å². The second-order valence-electron chi connectivity index (χ2n) is 6.22. The largest absolute Gasteiger partial charge is 0.475 e. The van der Waals surface area contributed by atoms with Gasteiger partial charge in [-0.3, -0.25) is 9.59 Å². The summed E-state index contributed by atoms with van der Waals surface area (Å²) in [5.41, 5.74) is 4.98. The van der Waals surface area contributed by atoms with Crippen LogP contribution < -0.4 is 16.4 Å². The first-order valence-electron chi connectivity index (χ1n) is 7.98. The molecule has 0 bridgehead atoms. The van der Waals surface area contributed by atoms with Gasteiger partial charge in [0.2, 0.25) is 11.8 Å². The predicted octanol–water partition coefficient (Wildman–Crippen LogP) is -0.435. The standard InChI is InChI=1S/C16H26BN3O4/c1-16(2,14(21)19-11-12-7-4-3-5-8-12)15(22)20-13(17(23)24)9-6-10-18/h3-5,7-8,13,23-24H,6,9-11,18H2,1-2H3,(H,19,21)(H,20,22)/t13-/m0/s1. The predicted molar refractivity (Wildman–Crippen MR) is 92.5 cm³/mol. The van der Waals surface area contributed by atoms with Crippen LogP contribution in [0.25, 0.3) is 0 Å². The number of hydrogen-bond acceptors (Lipinski definition) is 5. The van der Waals surface area contributed by atoms with E-state index in [1.807, 2.05) is 30.3 Å². The van der Waals surface area contributed by atoms with Crippen molar-refractivity contribution in [2.45, 2.75) is 39.2 Å². The topological polar surface area (TPSA) is 125 Å². The summed E-state index contributed by atoms with van der Waals surface area (Å²) < 4.78 is 0. The van der Waals surface area contributed by atoms with Crippen LogP contribution in [0, 0.1) is 5.41 Å². The highest BCUT2D eigenvalue weighted by atomic mass is 16.4. The SMILES string of the molecule is CC(C)(C(=O)NCc1ccccc1)C(=O)N[C@@H](CCCN)B(O)O. The van der Waals surface area contributed by atoms with Gasteiger partial charge in [0, 0.05) is 6.54 Å². The summed E-state index contributed by atoms with van der Waals surface area (Å²) in [5.74, 6) is -1.86. The van der Waals surface area contributed by atoms with Crippen molar-refractivity contribution in [3.63, 3.8) is 0 Å². The van der Waals surface area contributed by atoms with Gasteiger partial charge in [-0.25, -0.2) is 0 Å². The van der Waals surface area contributed by atoms with E-state index >= 15 is 0 Å². The average Bonchev–Trinajstić information content (AvgIpc) is 2.56. The molecule has 0 radical (unpaired) electrons. The van der Waals surface area contributed by atoms with Crippen molar-refractivity contribution in [1.82, 2.24) is 10.6 Å². The third kappa shape index (κ3) is 5.95. The minimum Gasteiger partial charge on any atom is -0.426 e. The van der Waals surface area contributed by atoms with Gasteiger partial charge >= 0.3 is 7.12 Å². The molecule has 132 valence electrons. The van der Waals surface area contributed by atoms with Gasteiger partial charge in [0.1, 0.15) is 5.41 Å². The zero-order chi connectivity index (χ0) is 18.2. The molecule has 1 aromatic rings. The minimum absolute atomic E-state index is 0.315. The molecule has 0 aliphatic carbocycles. The van der Waals surface area contributed by atoms with Crippen LogP contribution in [0.1, 0.15) is 32.3 Å². The maximum atomic E-state index is 12.4. The summed E-state index contributed by atoms with van der Waals surface area (Å²) >= 11 is 0. The number of rotatable bonds is 9. The molecular weight excluding hydrogens is 309 g/mol. The Morgan fingerprint density at radius 2 is 1.83 bits per heavy atom. The van der Waals surface area contributed by atoms with Crippen LogP contribution in [0.5, 0.6) is 0 Å². The molecule has 7 nitrogen and oxygen atoms in total. The molecule has 0 fully saturated rings. The number of carbonyl (C=O) groups excluding carboxylic acids is 2. The normalized spacial score (nSPS) is 12.4. The molecule has 2 amide bonds. The number of nitrogens with one attached hydrogen (secondary N) is 2. The van der Waals surface area contributed by atoms with Crippen LogP contribution in [0.15, 0.2) is 30.3 Å². The Hall–Kier alpha value is -1.90. The van der Waals surface area contributed by atoms with Gasteiger partial charge in [-0.2, -0.15) is 0 Å². The Kier molecular flexibility index (Phi) is 7.90. The summed E-state index contributed by atoms with van der Waals surface area (Å²) in [6, 6.07) is 9.36. The maximum Gasteiger partial charge on any atom is 0.475 e. The highest BCUT2D eigenvalue weighted by molar-refractivity contribution is 6.43. The Balaban J connectivity index is 2.63. The molecule has 1 atom stereocenters. The van der Waals surface area contributed by atoms with Gasteiger partial charge in [0.15, 0.2) is 0 Å². The van der Waals surface area contributed by atoms with Crippen molar-refractivity contribution in [3.05, 3.63) is 35.9 Å². The number of amides is 2. The zero-order valence-electron chi connectivity index (χ0n) is 14.2. The molecule has 1 rings (SSSR count). The Labute approximate surface area is 142 Å². The maximum absolute atomic E-state index is 12.4. The van der Waals surface area contributed by atoms with Gasteiger partial charge in [0.05, 0.1) is 5.94 Å². The van der Waals surface area contributed by atoms with E-state index in [2.05, 4.69) is 10.6 Å². The molecule has 0 saturated carbocycles. The first kappa shape index (κ1) is 20.2. The molecule has 0 aliphatic heterocycles. The summed E-state index contributed by atoms with van der Waals surface area (Å²) in [6.07, 6.45) is 0.852. The van der Waals surface area contributed by atoms with Crippen LogP contribution in [0.3, 0.4) is 0 Å². The van der Waals surface area contributed by atoms with E-state index in [0.29, 0.717) is 25.9 Å². The monoisotopic (exact) mass is 335 g/mol. The van der Waals surface area contributed by atoms with Crippen LogP contribution >= 0.6 is 0 Å². The lowest BCUT2D eigenvalue weighted by Crippen LogP contribution is -2.54. The van der Waals surface area contributed by atoms with E-state index in [1.165, 1.54) is 13.8 Å². The second kappa shape index (κ2) is 9.41. The van der Waals surface area contributed by atoms with E-state index in [1.54, 1.807) is 0 Å². The van der Waals surface area contributed by atoms with Crippen LogP contribution in [0.2, 0.25) is 0 Å². The van der Waals surface area contributed by atoms with Gasteiger partial charge < -0.3 is 26.4 Å². The third-order valence-corrected chi connectivity index (χ3v) is 3.83. The van der Waals surface area contributed by atoms with Crippen molar-refractivity contribution in [3.8, 4) is 0 Å². The van der Waals surface area contributed by atoms with Crippen molar-refractivity contribution < 1.29 is 19.6 Å². The zero-order valence-corrected chi connectivity index (χ0v) is 14.2. The van der Waals surface area contributed by atoms with E-state index in [9.17, 15) is 19.6 Å². The smallest absolute Gasteiger partial charge is 0.426 e. The molecule has 0 spiro atoms. The van der Waals surface area contributed by atoms with E-state index in [4.69, 9.17) is 5.73 Å².